The molecule has 6 heteroatoms. The van der Waals surface area contributed by atoms with Gasteiger partial charge in [0.1, 0.15) is 5.82 Å². The van der Waals surface area contributed by atoms with Crippen LogP contribution in [-0.4, -0.2) is 27.4 Å². The standard InChI is InChI=1S/C18H22N4O2/c1-13(23)20-16(14-5-3-2-4-6-14)11-18(24)21-15-7-8-17-19-9-10-22(17)12-15/h2-6,9-10,15-16H,7-8,11-12H2,1H3,(H,20,23)(H,21,24)/t15-,16-/m0/s1. The number of aryl methyl sites for hydroxylation is 1. The van der Waals surface area contributed by atoms with E-state index >= 15 is 0 Å². The highest BCUT2D eigenvalue weighted by molar-refractivity contribution is 5.79. The zero-order valence-electron chi connectivity index (χ0n) is 13.7. The van der Waals surface area contributed by atoms with Crippen molar-refractivity contribution in [3.05, 3.63) is 54.1 Å². The van der Waals surface area contributed by atoms with Crippen LogP contribution in [0.15, 0.2) is 42.7 Å². The van der Waals surface area contributed by atoms with Gasteiger partial charge in [-0.25, -0.2) is 4.98 Å². The molecule has 0 spiro atoms. The van der Waals surface area contributed by atoms with Gasteiger partial charge in [0.05, 0.1) is 12.5 Å². The second-order valence-corrected chi connectivity index (χ2v) is 6.17. The molecule has 1 aliphatic heterocycles. The molecule has 126 valence electrons. The minimum atomic E-state index is -0.309. The molecule has 0 aliphatic carbocycles. The van der Waals surface area contributed by atoms with Crippen LogP contribution in [-0.2, 0) is 22.6 Å². The Morgan fingerprint density at radius 2 is 2.12 bits per heavy atom. The fourth-order valence-corrected chi connectivity index (χ4v) is 3.14. The zero-order valence-corrected chi connectivity index (χ0v) is 13.7. The van der Waals surface area contributed by atoms with Crippen molar-refractivity contribution in [1.29, 1.82) is 0 Å². The molecule has 0 saturated heterocycles. The average Bonchev–Trinajstić information content (AvgIpc) is 3.02. The number of rotatable bonds is 5. The summed E-state index contributed by atoms with van der Waals surface area (Å²) >= 11 is 0. The van der Waals surface area contributed by atoms with Crippen LogP contribution in [0.4, 0.5) is 0 Å². The van der Waals surface area contributed by atoms with Crippen molar-refractivity contribution in [3.63, 3.8) is 0 Å². The van der Waals surface area contributed by atoms with E-state index in [2.05, 4.69) is 20.2 Å². The molecule has 2 aromatic rings. The Kier molecular flexibility index (Phi) is 4.93. The molecule has 1 aliphatic rings. The Morgan fingerprint density at radius 3 is 2.88 bits per heavy atom. The summed E-state index contributed by atoms with van der Waals surface area (Å²) in [4.78, 5) is 28.2. The minimum absolute atomic E-state index is 0.0498. The van der Waals surface area contributed by atoms with Crippen LogP contribution in [0.5, 0.6) is 0 Å². The molecule has 2 atom stereocenters. The van der Waals surface area contributed by atoms with Gasteiger partial charge in [0.25, 0.3) is 0 Å². The minimum Gasteiger partial charge on any atom is -0.351 e. The summed E-state index contributed by atoms with van der Waals surface area (Å²) in [5.74, 6) is 0.879. The van der Waals surface area contributed by atoms with Gasteiger partial charge in [0.15, 0.2) is 0 Å². The summed E-state index contributed by atoms with van der Waals surface area (Å²) in [6, 6.07) is 9.37. The lowest BCUT2D eigenvalue weighted by Gasteiger charge is -2.26. The van der Waals surface area contributed by atoms with Gasteiger partial charge in [0, 0.05) is 38.3 Å². The highest BCUT2D eigenvalue weighted by Crippen LogP contribution is 2.18. The number of hydrogen-bond acceptors (Lipinski definition) is 3. The predicted molar refractivity (Wildman–Crippen MR) is 90.1 cm³/mol. The molecule has 1 aromatic heterocycles. The number of hydrogen-bond donors (Lipinski definition) is 2. The second-order valence-electron chi connectivity index (χ2n) is 6.17. The first-order valence-electron chi connectivity index (χ1n) is 8.23. The van der Waals surface area contributed by atoms with Crippen molar-refractivity contribution in [1.82, 2.24) is 20.2 Å². The molecule has 2 heterocycles. The summed E-state index contributed by atoms with van der Waals surface area (Å²) < 4.78 is 2.08. The van der Waals surface area contributed by atoms with Crippen molar-refractivity contribution >= 4 is 11.8 Å². The van der Waals surface area contributed by atoms with E-state index < -0.39 is 0 Å². The van der Waals surface area contributed by atoms with Crippen LogP contribution in [0, 0.1) is 0 Å². The van der Waals surface area contributed by atoms with Crippen LogP contribution in [0.2, 0.25) is 0 Å². The molecule has 2 amide bonds. The van der Waals surface area contributed by atoms with Gasteiger partial charge in [-0.15, -0.1) is 0 Å². The molecule has 0 radical (unpaired) electrons. The molecule has 6 nitrogen and oxygen atoms in total. The fraction of sp³-hybridized carbons (Fsp3) is 0.389. The summed E-state index contributed by atoms with van der Waals surface area (Å²) in [6.45, 7) is 2.22. The van der Waals surface area contributed by atoms with Gasteiger partial charge >= 0.3 is 0 Å². The number of carbonyl (C=O) groups is 2. The third kappa shape index (κ3) is 4.01. The van der Waals surface area contributed by atoms with Gasteiger partial charge < -0.3 is 15.2 Å². The average molecular weight is 326 g/mol. The number of imidazole rings is 1. The first-order valence-corrected chi connectivity index (χ1v) is 8.23. The Labute approximate surface area is 141 Å². The number of fused-ring (bicyclic) bond motifs is 1. The van der Waals surface area contributed by atoms with Crippen molar-refractivity contribution in [2.45, 2.75) is 44.8 Å². The van der Waals surface area contributed by atoms with E-state index in [-0.39, 0.29) is 30.3 Å². The molecule has 1 aromatic carbocycles. The SMILES string of the molecule is CC(=O)N[C@@H](CC(=O)N[C@H]1CCc2nccn2C1)c1ccccc1. The summed E-state index contributed by atoms with van der Waals surface area (Å²) in [6.07, 6.45) is 5.72. The zero-order chi connectivity index (χ0) is 16.9. The fourth-order valence-electron chi connectivity index (χ4n) is 3.14. The third-order valence-electron chi connectivity index (χ3n) is 4.27. The quantitative estimate of drug-likeness (QED) is 0.876. The van der Waals surface area contributed by atoms with Gasteiger partial charge in [0.2, 0.25) is 11.8 Å². The molecule has 0 unspecified atom stereocenters. The first kappa shape index (κ1) is 16.2. The number of nitrogens with one attached hydrogen (secondary N) is 2. The van der Waals surface area contributed by atoms with Crippen molar-refractivity contribution in [2.24, 2.45) is 0 Å². The van der Waals surface area contributed by atoms with E-state index in [0.29, 0.717) is 0 Å². The first-order chi connectivity index (χ1) is 11.6. The Balaban J connectivity index is 1.60. The lowest BCUT2D eigenvalue weighted by Crippen LogP contribution is -2.42. The maximum absolute atomic E-state index is 12.4. The maximum Gasteiger partial charge on any atom is 0.222 e. The van der Waals surface area contributed by atoms with E-state index in [1.54, 1.807) is 6.20 Å². The van der Waals surface area contributed by atoms with E-state index in [4.69, 9.17) is 0 Å². The van der Waals surface area contributed by atoms with E-state index in [9.17, 15) is 9.59 Å². The van der Waals surface area contributed by atoms with E-state index in [1.165, 1.54) is 6.92 Å². The maximum atomic E-state index is 12.4. The molecule has 24 heavy (non-hydrogen) atoms. The number of benzene rings is 1. The number of aromatic nitrogens is 2. The molecule has 0 saturated carbocycles. The van der Waals surface area contributed by atoms with Gasteiger partial charge in [-0.1, -0.05) is 30.3 Å². The highest BCUT2D eigenvalue weighted by atomic mass is 16.2. The summed E-state index contributed by atoms with van der Waals surface area (Å²) in [5, 5.41) is 5.95. The Morgan fingerprint density at radius 1 is 1.33 bits per heavy atom. The molecular weight excluding hydrogens is 304 g/mol. The molecule has 2 N–H and O–H groups in total. The lowest BCUT2D eigenvalue weighted by molar-refractivity contribution is -0.123. The smallest absolute Gasteiger partial charge is 0.222 e. The third-order valence-corrected chi connectivity index (χ3v) is 4.27. The van der Waals surface area contributed by atoms with E-state index in [0.717, 1.165) is 30.8 Å². The monoisotopic (exact) mass is 326 g/mol. The van der Waals surface area contributed by atoms with Gasteiger partial charge in [-0.05, 0) is 12.0 Å². The molecule has 0 bridgehead atoms. The van der Waals surface area contributed by atoms with Crippen LogP contribution >= 0.6 is 0 Å². The largest absolute Gasteiger partial charge is 0.351 e. The molecule has 0 fully saturated rings. The number of carbonyl (C=O) groups excluding carboxylic acids is 2. The Hall–Kier alpha value is -2.63. The normalized spacial score (nSPS) is 17.6. The molecular formula is C18H22N4O2. The van der Waals surface area contributed by atoms with Crippen LogP contribution in [0.25, 0.3) is 0 Å². The van der Waals surface area contributed by atoms with Crippen LogP contribution in [0.1, 0.15) is 37.2 Å². The molecule has 3 rings (SSSR count). The second kappa shape index (κ2) is 7.29. The van der Waals surface area contributed by atoms with Gasteiger partial charge in [-0.2, -0.15) is 0 Å². The number of nitrogens with zero attached hydrogens (tertiary/aromatic N) is 2. The van der Waals surface area contributed by atoms with Crippen molar-refractivity contribution in [3.8, 4) is 0 Å². The van der Waals surface area contributed by atoms with Crippen molar-refractivity contribution in [2.75, 3.05) is 0 Å². The van der Waals surface area contributed by atoms with E-state index in [1.807, 2.05) is 36.5 Å². The highest BCUT2D eigenvalue weighted by Gasteiger charge is 2.22. The predicted octanol–water partition coefficient (Wildman–Crippen LogP) is 1.58. The summed E-state index contributed by atoms with van der Waals surface area (Å²) in [7, 11) is 0. The Bertz CT molecular complexity index is 711. The number of amides is 2. The topological polar surface area (TPSA) is 76.0 Å². The van der Waals surface area contributed by atoms with Crippen molar-refractivity contribution < 1.29 is 9.59 Å². The van der Waals surface area contributed by atoms with Crippen LogP contribution in [0.3, 0.4) is 0 Å². The summed E-state index contributed by atoms with van der Waals surface area (Å²) in [5.41, 5.74) is 0.934. The van der Waals surface area contributed by atoms with Crippen LogP contribution < -0.4 is 10.6 Å². The van der Waals surface area contributed by atoms with Gasteiger partial charge in [-0.3, -0.25) is 9.59 Å². The lowest BCUT2D eigenvalue weighted by atomic mass is 10.0.